The molecule has 0 spiro atoms. The fourth-order valence-corrected chi connectivity index (χ4v) is 4.89. The summed E-state index contributed by atoms with van der Waals surface area (Å²) in [5.74, 6) is -0.912. The number of rotatable bonds is 13. The Bertz CT molecular complexity index is 1350. The van der Waals surface area contributed by atoms with Crippen molar-refractivity contribution in [1.82, 2.24) is 14.8 Å². The van der Waals surface area contributed by atoms with Crippen LogP contribution in [0.2, 0.25) is 0 Å². The Balaban J connectivity index is 1.54. The lowest BCUT2D eigenvalue weighted by atomic mass is 9.95. The fourth-order valence-electron chi connectivity index (χ4n) is 4.89. The number of halogens is 1. The van der Waals surface area contributed by atoms with Gasteiger partial charge in [0.15, 0.2) is 0 Å². The molecule has 4 rings (SSSR count). The Kier molecular flexibility index (Phi) is 9.86. The van der Waals surface area contributed by atoms with Crippen LogP contribution in [0.3, 0.4) is 0 Å². The number of carbonyl (C=O) groups excluding carboxylic acids is 2. The van der Waals surface area contributed by atoms with E-state index in [1.165, 1.54) is 12.1 Å². The van der Waals surface area contributed by atoms with Crippen molar-refractivity contribution in [3.63, 3.8) is 0 Å². The lowest BCUT2D eigenvalue weighted by Gasteiger charge is -2.30. The predicted octanol–water partition coefficient (Wildman–Crippen LogP) is 5.55. The maximum Gasteiger partial charge on any atom is 0.242 e. The molecule has 6 nitrogen and oxygen atoms in total. The van der Waals surface area contributed by atoms with Crippen LogP contribution < -0.4 is 0 Å². The number of aromatic amines is 1. The second-order valence-corrected chi connectivity index (χ2v) is 9.68. The molecule has 2 amide bonds. The Morgan fingerprint density at radius 2 is 1.64 bits per heavy atom. The highest BCUT2D eigenvalue weighted by atomic mass is 19.1. The first-order valence-electron chi connectivity index (χ1n) is 13.4. The molecule has 0 fully saturated rings. The van der Waals surface area contributed by atoms with Gasteiger partial charge in [0, 0.05) is 43.8 Å². The van der Waals surface area contributed by atoms with Crippen LogP contribution >= 0.6 is 0 Å². The molecule has 3 aromatic carbocycles. The molecule has 0 aliphatic rings. The zero-order chi connectivity index (χ0) is 27.6. The van der Waals surface area contributed by atoms with Gasteiger partial charge >= 0.3 is 0 Å². The van der Waals surface area contributed by atoms with Gasteiger partial charge in [0.1, 0.15) is 5.82 Å². The van der Waals surface area contributed by atoms with Gasteiger partial charge in [0.25, 0.3) is 0 Å². The molecular weight excluding hydrogens is 493 g/mol. The summed E-state index contributed by atoms with van der Waals surface area (Å²) < 4.78 is 18.8. The highest BCUT2D eigenvalue weighted by molar-refractivity contribution is 5.89. The van der Waals surface area contributed by atoms with E-state index in [0.717, 1.165) is 27.6 Å². The van der Waals surface area contributed by atoms with E-state index in [1.54, 1.807) is 29.0 Å². The van der Waals surface area contributed by atoms with Crippen molar-refractivity contribution in [3.8, 4) is 0 Å². The van der Waals surface area contributed by atoms with Crippen molar-refractivity contribution >= 4 is 22.7 Å². The zero-order valence-corrected chi connectivity index (χ0v) is 22.6. The van der Waals surface area contributed by atoms with E-state index in [4.69, 9.17) is 4.74 Å². The smallest absolute Gasteiger partial charge is 0.242 e. The van der Waals surface area contributed by atoms with Crippen molar-refractivity contribution in [2.45, 2.75) is 32.2 Å². The minimum absolute atomic E-state index is 0.0550. The van der Waals surface area contributed by atoms with Crippen molar-refractivity contribution in [2.75, 3.05) is 33.4 Å². The molecule has 0 saturated carbocycles. The van der Waals surface area contributed by atoms with E-state index < -0.39 is 0 Å². The fraction of sp³-hybridized carbons (Fsp3) is 0.312. The molecule has 0 radical (unpaired) electrons. The largest absolute Gasteiger partial charge is 0.383 e. The maximum absolute atomic E-state index is 13.8. The monoisotopic (exact) mass is 529 g/mol. The number of aromatic nitrogens is 1. The summed E-state index contributed by atoms with van der Waals surface area (Å²) in [4.78, 5) is 34.1. The molecule has 7 heteroatoms. The van der Waals surface area contributed by atoms with Gasteiger partial charge in [-0.3, -0.25) is 9.59 Å². The third-order valence-corrected chi connectivity index (χ3v) is 7.08. The molecule has 1 aromatic heterocycles. The van der Waals surface area contributed by atoms with Crippen LogP contribution in [0.1, 0.15) is 36.0 Å². The Labute approximate surface area is 229 Å². The summed E-state index contributed by atoms with van der Waals surface area (Å²) in [6.07, 6.45) is 3.25. The van der Waals surface area contributed by atoms with E-state index in [9.17, 15) is 14.0 Å². The van der Waals surface area contributed by atoms with E-state index in [2.05, 4.69) is 11.1 Å². The second-order valence-electron chi connectivity index (χ2n) is 9.68. The van der Waals surface area contributed by atoms with Crippen molar-refractivity contribution in [2.24, 2.45) is 0 Å². The van der Waals surface area contributed by atoms with E-state index in [1.807, 2.05) is 61.7 Å². The number of nitrogens with zero attached hydrogens (tertiary/aromatic N) is 2. The number of para-hydroxylation sites is 1. The number of amides is 2. The molecule has 0 saturated heterocycles. The maximum atomic E-state index is 13.8. The predicted molar refractivity (Wildman–Crippen MR) is 152 cm³/mol. The number of carbonyl (C=O) groups is 2. The summed E-state index contributed by atoms with van der Waals surface area (Å²) in [5, 5.41) is 1.12. The van der Waals surface area contributed by atoms with Crippen LogP contribution in [0.5, 0.6) is 0 Å². The topological polar surface area (TPSA) is 65.6 Å². The van der Waals surface area contributed by atoms with Crippen LogP contribution in [0, 0.1) is 5.82 Å². The van der Waals surface area contributed by atoms with Gasteiger partial charge in [-0.1, -0.05) is 67.6 Å². The van der Waals surface area contributed by atoms with Crippen LogP contribution in [0.4, 0.5) is 4.39 Å². The SMILES string of the molecule is CCC(C(=O)N(CCOC)CC(=O)N(CCc1c[nH]c2ccccc12)Cc1ccc(F)cc1)c1ccccc1. The van der Waals surface area contributed by atoms with Crippen LogP contribution in [-0.2, 0) is 27.3 Å². The van der Waals surface area contributed by atoms with Gasteiger partial charge in [-0.25, -0.2) is 4.39 Å². The summed E-state index contributed by atoms with van der Waals surface area (Å²) in [5.41, 5.74) is 3.92. The van der Waals surface area contributed by atoms with Crippen LogP contribution in [-0.4, -0.2) is 59.9 Å². The standard InChI is InChI=1S/C32H36FN3O3/c1-3-28(25-9-5-4-6-10-25)32(38)36(19-20-39-2)23-31(37)35(22-24-13-15-27(33)16-14-24)18-17-26-21-34-30-12-8-7-11-29(26)30/h4-16,21,28,34H,3,17-20,22-23H2,1-2H3. The molecule has 0 aliphatic heterocycles. The number of nitrogens with one attached hydrogen (secondary N) is 1. The Hall–Kier alpha value is -3.97. The van der Waals surface area contributed by atoms with E-state index in [0.29, 0.717) is 39.1 Å². The number of benzene rings is 3. The highest BCUT2D eigenvalue weighted by Crippen LogP contribution is 2.23. The van der Waals surface area contributed by atoms with Gasteiger partial charge in [-0.2, -0.15) is 0 Å². The van der Waals surface area contributed by atoms with E-state index in [-0.39, 0.29) is 30.1 Å². The third-order valence-electron chi connectivity index (χ3n) is 7.08. The molecule has 204 valence electrons. The van der Waals surface area contributed by atoms with Gasteiger partial charge in [-0.15, -0.1) is 0 Å². The highest BCUT2D eigenvalue weighted by Gasteiger charge is 2.27. The van der Waals surface area contributed by atoms with Gasteiger partial charge < -0.3 is 19.5 Å². The molecule has 1 N–H and O–H groups in total. The number of hydrogen-bond donors (Lipinski definition) is 1. The normalized spacial score (nSPS) is 11.9. The first-order chi connectivity index (χ1) is 19.0. The number of methoxy groups -OCH3 is 1. The number of fused-ring (bicyclic) bond motifs is 1. The quantitative estimate of drug-likeness (QED) is 0.247. The second kappa shape index (κ2) is 13.7. The van der Waals surface area contributed by atoms with Gasteiger partial charge in [0.05, 0.1) is 19.1 Å². The third kappa shape index (κ3) is 7.33. The molecule has 1 atom stereocenters. The number of H-pyrrole nitrogens is 1. The minimum atomic E-state index is -0.340. The molecule has 4 aromatic rings. The first-order valence-corrected chi connectivity index (χ1v) is 13.4. The first kappa shape index (κ1) is 28.0. The summed E-state index contributed by atoms with van der Waals surface area (Å²) >= 11 is 0. The van der Waals surface area contributed by atoms with Crippen molar-refractivity contribution in [1.29, 1.82) is 0 Å². The average Bonchev–Trinajstić information content (AvgIpc) is 3.38. The number of hydrogen-bond acceptors (Lipinski definition) is 3. The lowest BCUT2D eigenvalue weighted by molar-refractivity contribution is -0.142. The van der Waals surface area contributed by atoms with Crippen molar-refractivity contribution in [3.05, 3.63) is 108 Å². The van der Waals surface area contributed by atoms with Gasteiger partial charge in [-0.05, 0) is 47.7 Å². The molecule has 0 bridgehead atoms. The summed E-state index contributed by atoms with van der Waals surface area (Å²) in [6, 6.07) is 23.9. The molecule has 39 heavy (non-hydrogen) atoms. The minimum Gasteiger partial charge on any atom is -0.383 e. The average molecular weight is 530 g/mol. The number of ether oxygens (including phenoxy) is 1. The summed E-state index contributed by atoms with van der Waals surface area (Å²) in [7, 11) is 1.58. The lowest BCUT2D eigenvalue weighted by Crippen LogP contribution is -2.46. The molecular formula is C32H36FN3O3. The zero-order valence-electron chi connectivity index (χ0n) is 22.6. The molecule has 0 aliphatic carbocycles. The van der Waals surface area contributed by atoms with Crippen molar-refractivity contribution < 1.29 is 18.7 Å². The summed E-state index contributed by atoms with van der Waals surface area (Å²) in [6.45, 7) is 3.35. The van der Waals surface area contributed by atoms with Crippen LogP contribution in [0.15, 0.2) is 85.1 Å². The Morgan fingerprint density at radius 1 is 0.923 bits per heavy atom. The molecule has 1 heterocycles. The molecule has 1 unspecified atom stereocenters. The van der Waals surface area contributed by atoms with Crippen LogP contribution in [0.25, 0.3) is 10.9 Å². The van der Waals surface area contributed by atoms with Gasteiger partial charge in [0.2, 0.25) is 11.8 Å². The Morgan fingerprint density at radius 3 is 2.36 bits per heavy atom. The van der Waals surface area contributed by atoms with E-state index >= 15 is 0 Å².